The number of urea groups is 2. The molecule has 13 nitrogen and oxygen atoms in total. The second kappa shape index (κ2) is 9.19. The van der Waals surface area contributed by atoms with Crippen molar-refractivity contribution in [2.45, 2.75) is 13.0 Å². The molecule has 0 aromatic carbocycles. The fraction of sp³-hybridized carbons (Fsp3) is 0.538. The van der Waals surface area contributed by atoms with Crippen LogP contribution >= 0.6 is 0 Å². The molecule has 13 heteroatoms. The standard InChI is InChI=1S/C13H21N7O6/c1-6(10(23)26-2)3-16-8(21)5-20-9(22)7(18-13(20)25)4-17-12(24)19-11(14)15/h6-7H,3-5H2,1-2H3,(H,16,21)(H,18,25)(H5,14,15,17,19,24). The van der Waals surface area contributed by atoms with Crippen molar-refractivity contribution in [1.29, 1.82) is 0 Å². The molecule has 2 atom stereocenters. The highest BCUT2D eigenvalue weighted by molar-refractivity contribution is 6.06. The van der Waals surface area contributed by atoms with Crippen molar-refractivity contribution in [2.75, 3.05) is 26.7 Å². The Morgan fingerprint density at radius 3 is 2.54 bits per heavy atom. The Hall–Kier alpha value is -3.38. The van der Waals surface area contributed by atoms with Crippen molar-refractivity contribution < 1.29 is 28.7 Å². The molecule has 0 saturated carbocycles. The first-order valence-electron chi connectivity index (χ1n) is 7.49. The number of hydrogen-bond donors (Lipinski definition) is 5. The summed E-state index contributed by atoms with van der Waals surface area (Å²) in [4.78, 5) is 62.2. The van der Waals surface area contributed by atoms with Gasteiger partial charge in [0.05, 0.1) is 13.0 Å². The zero-order valence-corrected chi connectivity index (χ0v) is 14.3. The van der Waals surface area contributed by atoms with E-state index < -0.39 is 54.3 Å². The molecule has 1 heterocycles. The lowest BCUT2D eigenvalue weighted by molar-refractivity contribution is -0.144. The third-order valence-corrected chi connectivity index (χ3v) is 3.31. The van der Waals surface area contributed by atoms with Gasteiger partial charge in [0.2, 0.25) is 5.91 Å². The molecule has 144 valence electrons. The van der Waals surface area contributed by atoms with E-state index in [9.17, 15) is 24.0 Å². The van der Waals surface area contributed by atoms with Gasteiger partial charge in [0.25, 0.3) is 5.91 Å². The zero-order chi connectivity index (χ0) is 19.9. The van der Waals surface area contributed by atoms with Crippen molar-refractivity contribution in [1.82, 2.24) is 20.9 Å². The molecular formula is C13H21N7O6. The number of carbonyl (C=O) groups is 5. The fourth-order valence-electron chi connectivity index (χ4n) is 1.96. The van der Waals surface area contributed by atoms with Gasteiger partial charge < -0.3 is 32.2 Å². The topological polar surface area (TPSA) is 198 Å². The van der Waals surface area contributed by atoms with Crippen LogP contribution in [0.2, 0.25) is 0 Å². The predicted octanol–water partition coefficient (Wildman–Crippen LogP) is -3.18. The van der Waals surface area contributed by atoms with E-state index in [1.54, 1.807) is 6.92 Å². The monoisotopic (exact) mass is 371 g/mol. The van der Waals surface area contributed by atoms with E-state index in [1.165, 1.54) is 7.11 Å². The van der Waals surface area contributed by atoms with E-state index in [1.807, 2.05) is 0 Å². The Balaban J connectivity index is 2.50. The summed E-state index contributed by atoms with van der Waals surface area (Å²) in [7, 11) is 1.22. The van der Waals surface area contributed by atoms with Crippen molar-refractivity contribution in [3.63, 3.8) is 0 Å². The molecule has 0 aromatic rings. The molecule has 1 aliphatic heterocycles. The highest BCUT2D eigenvalue weighted by atomic mass is 16.5. The summed E-state index contributed by atoms with van der Waals surface area (Å²) in [5, 5.41) is 6.98. The quantitative estimate of drug-likeness (QED) is 0.133. The fourth-order valence-corrected chi connectivity index (χ4v) is 1.96. The third-order valence-electron chi connectivity index (χ3n) is 3.31. The maximum atomic E-state index is 12.1. The van der Waals surface area contributed by atoms with Crippen LogP contribution in [0.15, 0.2) is 4.99 Å². The van der Waals surface area contributed by atoms with Crippen molar-refractivity contribution in [3.8, 4) is 0 Å². The lowest BCUT2D eigenvalue weighted by Gasteiger charge is -2.14. The average Bonchev–Trinajstić information content (AvgIpc) is 2.84. The molecule has 0 bridgehead atoms. The number of carbonyl (C=O) groups excluding carboxylic acids is 5. The Morgan fingerprint density at radius 2 is 1.96 bits per heavy atom. The second-order valence-electron chi connectivity index (χ2n) is 5.38. The van der Waals surface area contributed by atoms with Crippen molar-refractivity contribution in [2.24, 2.45) is 22.4 Å². The van der Waals surface area contributed by atoms with E-state index in [-0.39, 0.29) is 13.1 Å². The molecule has 0 radical (unpaired) electrons. The molecule has 7 N–H and O–H groups in total. The van der Waals surface area contributed by atoms with Crippen LogP contribution in [0.1, 0.15) is 6.92 Å². The molecule has 2 unspecified atom stereocenters. The molecule has 6 amide bonds. The minimum atomic E-state index is -1.05. The third kappa shape index (κ3) is 5.92. The number of nitrogens with two attached hydrogens (primary N) is 2. The second-order valence-corrected chi connectivity index (χ2v) is 5.38. The summed E-state index contributed by atoms with van der Waals surface area (Å²) in [6.45, 7) is 0.761. The number of rotatable bonds is 7. The normalized spacial score (nSPS) is 17.2. The summed E-state index contributed by atoms with van der Waals surface area (Å²) < 4.78 is 4.52. The number of nitrogens with zero attached hydrogens (tertiary/aromatic N) is 2. The van der Waals surface area contributed by atoms with Gasteiger partial charge in [-0.2, -0.15) is 4.99 Å². The Kier molecular flexibility index (Phi) is 7.31. The van der Waals surface area contributed by atoms with Gasteiger partial charge in [-0.3, -0.25) is 19.3 Å². The molecule has 26 heavy (non-hydrogen) atoms. The van der Waals surface area contributed by atoms with Crippen LogP contribution in [0.5, 0.6) is 0 Å². The van der Waals surface area contributed by atoms with E-state index in [2.05, 4.69) is 25.7 Å². The van der Waals surface area contributed by atoms with Crippen LogP contribution in [-0.2, 0) is 19.1 Å². The first-order valence-corrected chi connectivity index (χ1v) is 7.49. The first kappa shape index (κ1) is 20.7. The van der Waals surface area contributed by atoms with Crippen LogP contribution < -0.4 is 27.4 Å². The first-order chi connectivity index (χ1) is 12.1. The molecule has 1 fully saturated rings. The van der Waals surface area contributed by atoms with Crippen LogP contribution in [-0.4, -0.2) is 73.5 Å². The van der Waals surface area contributed by atoms with Crippen LogP contribution in [0.4, 0.5) is 9.59 Å². The lowest BCUT2D eigenvalue weighted by Crippen LogP contribution is -2.44. The van der Waals surface area contributed by atoms with Gasteiger partial charge in [0, 0.05) is 13.1 Å². The van der Waals surface area contributed by atoms with Crippen LogP contribution in [0.25, 0.3) is 0 Å². The summed E-state index contributed by atoms with van der Waals surface area (Å²) in [6.07, 6.45) is 0. The van der Waals surface area contributed by atoms with Gasteiger partial charge >= 0.3 is 18.0 Å². The lowest BCUT2D eigenvalue weighted by atomic mass is 10.2. The van der Waals surface area contributed by atoms with Crippen LogP contribution in [0, 0.1) is 5.92 Å². The minimum absolute atomic E-state index is 0.00679. The van der Waals surface area contributed by atoms with Crippen LogP contribution in [0.3, 0.4) is 0 Å². The van der Waals surface area contributed by atoms with Gasteiger partial charge in [-0.25, -0.2) is 9.59 Å². The van der Waals surface area contributed by atoms with E-state index in [0.717, 1.165) is 0 Å². The summed E-state index contributed by atoms with van der Waals surface area (Å²) in [5.74, 6) is -2.86. The molecule has 0 aliphatic carbocycles. The highest BCUT2D eigenvalue weighted by Gasteiger charge is 2.39. The number of esters is 1. The smallest absolute Gasteiger partial charge is 0.344 e. The average molecular weight is 371 g/mol. The molecule has 0 aromatic heterocycles. The van der Waals surface area contributed by atoms with Gasteiger partial charge in [0.1, 0.15) is 12.6 Å². The maximum absolute atomic E-state index is 12.1. The highest BCUT2D eigenvalue weighted by Crippen LogP contribution is 2.05. The Labute approximate surface area is 148 Å². The predicted molar refractivity (Wildman–Crippen MR) is 87.4 cm³/mol. The zero-order valence-electron chi connectivity index (χ0n) is 14.3. The summed E-state index contributed by atoms with van der Waals surface area (Å²) >= 11 is 0. The number of guanidine groups is 1. The van der Waals surface area contributed by atoms with Gasteiger partial charge in [-0.15, -0.1) is 0 Å². The van der Waals surface area contributed by atoms with E-state index in [0.29, 0.717) is 4.90 Å². The minimum Gasteiger partial charge on any atom is -0.469 e. The Bertz CT molecular complexity index is 630. The molecule has 0 spiro atoms. The largest absolute Gasteiger partial charge is 0.469 e. The number of aliphatic imine (C=N–C) groups is 1. The van der Waals surface area contributed by atoms with Crippen molar-refractivity contribution in [3.05, 3.63) is 0 Å². The van der Waals surface area contributed by atoms with E-state index in [4.69, 9.17) is 11.5 Å². The molecule has 1 aliphatic rings. The maximum Gasteiger partial charge on any atom is 0.344 e. The van der Waals surface area contributed by atoms with Gasteiger partial charge in [-0.1, -0.05) is 6.92 Å². The number of amides is 6. The van der Waals surface area contributed by atoms with Gasteiger partial charge in [-0.05, 0) is 0 Å². The number of methoxy groups -OCH3 is 1. The summed E-state index contributed by atoms with van der Waals surface area (Å²) in [5.41, 5.74) is 10.1. The molecule has 1 rings (SSSR count). The molecular weight excluding hydrogens is 350 g/mol. The summed E-state index contributed by atoms with van der Waals surface area (Å²) in [6, 6.07) is -2.71. The number of hydrogen-bond acceptors (Lipinski definition) is 6. The molecule has 1 saturated heterocycles. The van der Waals surface area contributed by atoms with E-state index >= 15 is 0 Å². The van der Waals surface area contributed by atoms with Crippen molar-refractivity contribution >= 4 is 35.8 Å². The number of imide groups is 1. The number of nitrogens with one attached hydrogen (secondary N) is 3. The number of ether oxygens (including phenoxy) is 1. The Morgan fingerprint density at radius 1 is 1.31 bits per heavy atom. The SMILES string of the molecule is COC(=O)C(C)CNC(=O)CN1C(=O)NC(CNC(=O)N=C(N)N)C1=O. The van der Waals surface area contributed by atoms with Gasteiger partial charge in [0.15, 0.2) is 5.96 Å².